The molecule has 0 aromatic heterocycles. The molecular weight excluding hydrogens is 460 g/mol. The van der Waals surface area contributed by atoms with Crippen LogP contribution in [0.3, 0.4) is 0 Å². The fourth-order valence-corrected chi connectivity index (χ4v) is 4.36. The van der Waals surface area contributed by atoms with Crippen LogP contribution in [0.15, 0.2) is 66.7 Å². The van der Waals surface area contributed by atoms with E-state index in [9.17, 15) is 9.59 Å². The number of amides is 2. The van der Waals surface area contributed by atoms with Crippen molar-refractivity contribution in [3.8, 4) is 5.75 Å². The lowest BCUT2D eigenvalue weighted by Gasteiger charge is -2.32. The first-order valence-corrected chi connectivity index (χ1v) is 13.0. The largest absolute Gasteiger partial charge is 0.483 e. The van der Waals surface area contributed by atoms with Crippen molar-refractivity contribution in [2.24, 2.45) is 5.92 Å². The molecule has 5 heteroatoms. The molecule has 3 rings (SSSR count). The van der Waals surface area contributed by atoms with Crippen LogP contribution in [0.4, 0.5) is 0 Å². The van der Waals surface area contributed by atoms with E-state index < -0.39 is 6.04 Å². The summed E-state index contributed by atoms with van der Waals surface area (Å²) in [4.78, 5) is 29.0. The summed E-state index contributed by atoms with van der Waals surface area (Å²) in [5.74, 6) is 0.630. The average Bonchev–Trinajstić information content (AvgIpc) is 2.86. The van der Waals surface area contributed by atoms with Gasteiger partial charge in [-0.2, -0.15) is 0 Å². The maximum Gasteiger partial charge on any atom is 0.261 e. The van der Waals surface area contributed by atoms with Gasteiger partial charge in [0.1, 0.15) is 11.8 Å². The third-order valence-electron chi connectivity index (χ3n) is 6.51. The molecule has 0 radical (unpaired) electrons. The molecule has 0 heterocycles. The Morgan fingerprint density at radius 2 is 1.57 bits per heavy atom. The van der Waals surface area contributed by atoms with Gasteiger partial charge in [-0.1, -0.05) is 80.1 Å². The Hall–Kier alpha value is -3.60. The van der Waals surface area contributed by atoms with Crippen molar-refractivity contribution in [1.82, 2.24) is 10.2 Å². The lowest BCUT2D eigenvalue weighted by molar-refractivity contribution is -0.142. The van der Waals surface area contributed by atoms with E-state index in [1.807, 2.05) is 82.3 Å². The van der Waals surface area contributed by atoms with Crippen LogP contribution in [-0.4, -0.2) is 35.9 Å². The van der Waals surface area contributed by atoms with Crippen LogP contribution in [0.2, 0.25) is 0 Å². The zero-order valence-corrected chi connectivity index (χ0v) is 23.0. The Bertz CT molecular complexity index is 1200. The van der Waals surface area contributed by atoms with E-state index in [0.717, 1.165) is 33.4 Å². The molecule has 1 atom stereocenters. The molecule has 1 N–H and O–H groups in total. The number of hydrogen-bond acceptors (Lipinski definition) is 3. The molecular formula is C32H40N2O3. The van der Waals surface area contributed by atoms with Gasteiger partial charge in [0.15, 0.2) is 6.61 Å². The lowest BCUT2D eigenvalue weighted by Crippen LogP contribution is -2.52. The van der Waals surface area contributed by atoms with Crippen molar-refractivity contribution in [2.75, 3.05) is 13.2 Å². The van der Waals surface area contributed by atoms with E-state index in [0.29, 0.717) is 31.2 Å². The summed E-state index contributed by atoms with van der Waals surface area (Å²) < 4.78 is 6.06. The quantitative estimate of drug-likeness (QED) is 0.367. The normalized spacial score (nSPS) is 11.8. The second-order valence-corrected chi connectivity index (χ2v) is 10.3. The van der Waals surface area contributed by atoms with E-state index in [-0.39, 0.29) is 18.4 Å². The Kier molecular flexibility index (Phi) is 9.90. The van der Waals surface area contributed by atoms with Crippen molar-refractivity contribution >= 4 is 11.8 Å². The zero-order valence-electron chi connectivity index (χ0n) is 23.0. The summed E-state index contributed by atoms with van der Waals surface area (Å²) in [7, 11) is 0. The number of rotatable bonds is 11. The second kappa shape index (κ2) is 13.1. The summed E-state index contributed by atoms with van der Waals surface area (Å²) in [6.07, 6.45) is 0.422. The maximum atomic E-state index is 13.8. The van der Waals surface area contributed by atoms with Crippen LogP contribution in [0.1, 0.15) is 47.2 Å². The highest BCUT2D eigenvalue weighted by atomic mass is 16.5. The van der Waals surface area contributed by atoms with Gasteiger partial charge in [0.25, 0.3) is 5.91 Å². The highest BCUT2D eigenvalue weighted by Gasteiger charge is 2.31. The maximum absolute atomic E-state index is 13.8. The number of aryl methyl sites for hydroxylation is 3. The molecule has 0 fully saturated rings. The van der Waals surface area contributed by atoms with Gasteiger partial charge in [-0.25, -0.2) is 0 Å². The van der Waals surface area contributed by atoms with Crippen LogP contribution in [0.25, 0.3) is 0 Å². The molecule has 0 saturated heterocycles. The van der Waals surface area contributed by atoms with Gasteiger partial charge in [-0.3, -0.25) is 9.59 Å². The fourth-order valence-electron chi connectivity index (χ4n) is 4.36. The Morgan fingerprint density at radius 1 is 0.865 bits per heavy atom. The Labute approximate surface area is 221 Å². The summed E-state index contributed by atoms with van der Waals surface area (Å²) in [5, 5.41) is 3.06. The third kappa shape index (κ3) is 8.21. The molecule has 3 aromatic carbocycles. The van der Waals surface area contributed by atoms with Gasteiger partial charge in [-0.05, 0) is 67.5 Å². The number of carbonyl (C=O) groups excluding carboxylic acids is 2. The van der Waals surface area contributed by atoms with Crippen LogP contribution < -0.4 is 10.1 Å². The van der Waals surface area contributed by atoms with Crippen molar-refractivity contribution in [3.63, 3.8) is 0 Å². The highest BCUT2D eigenvalue weighted by Crippen LogP contribution is 2.24. The van der Waals surface area contributed by atoms with Crippen molar-refractivity contribution in [3.05, 3.63) is 100 Å². The van der Waals surface area contributed by atoms with Crippen molar-refractivity contribution in [2.45, 2.75) is 60.5 Å². The van der Waals surface area contributed by atoms with Crippen molar-refractivity contribution in [1.29, 1.82) is 0 Å². The molecule has 0 saturated carbocycles. The van der Waals surface area contributed by atoms with Gasteiger partial charge in [-0.15, -0.1) is 0 Å². The predicted octanol–water partition coefficient (Wildman–Crippen LogP) is 5.71. The zero-order chi connectivity index (χ0) is 26.9. The molecule has 3 aromatic rings. The standard InChI is InChI=1S/C32H40N2O3/c1-22(2)19-33-32(36)29(18-27-12-8-7-9-13-27)34(20-28-14-10-11-23(3)16-28)31(35)21-37-30-17-24(4)15-25(5)26(30)6/h7-17,22,29H,18-21H2,1-6H3,(H,33,36)/t29-/m1/s1. The van der Waals surface area contributed by atoms with E-state index >= 15 is 0 Å². The minimum atomic E-state index is -0.668. The minimum absolute atomic E-state index is 0.141. The first-order chi connectivity index (χ1) is 17.6. The van der Waals surface area contributed by atoms with Crippen LogP contribution in [0, 0.1) is 33.6 Å². The molecule has 0 aliphatic carbocycles. The van der Waals surface area contributed by atoms with Crippen LogP contribution >= 0.6 is 0 Å². The molecule has 2 amide bonds. The monoisotopic (exact) mass is 500 g/mol. The smallest absolute Gasteiger partial charge is 0.261 e. The number of benzene rings is 3. The number of nitrogens with zero attached hydrogens (tertiary/aromatic N) is 1. The molecule has 5 nitrogen and oxygen atoms in total. The third-order valence-corrected chi connectivity index (χ3v) is 6.51. The molecule has 0 aliphatic heterocycles. The van der Waals surface area contributed by atoms with Gasteiger partial charge < -0.3 is 15.0 Å². The first-order valence-electron chi connectivity index (χ1n) is 13.0. The van der Waals surface area contributed by atoms with Gasteiger partial charge >= 0.3 is 0 Å². The lowest BCUT2D eigenvalue weighted by atomic mass is 10.0. The van der Waals surface area contributed by atoms with Crippen LogP contribution in [0.5, 0.6) is 5.75 Å². The van der Waals surface area contributed by atoms with E-state index in [1.54, 1.807) is 4.90 Å². The van der Waals surface area contributed by atoms with Crippen LogP contribution in [-0.2, 0) is 22.6 Å². The van der Waals surface area contributed by atoms with Gasteiger partial charge in [0.2, 0.25) is 5.91 Å². The topological polar surface area (TPSA) is 58.6 Å². The minimum Gasteiger partial charge on any atom is -0.483 e. The van der Waals surface area contributed by atoms with E-state index in [2.05, 4.69) is 31.3 Å². The van der Waals surface area contributed by atoms with Gasteiger partial charge in [0, 0.05) is 19.5 Å². The highest BCUT2D eigenvalue weighted by molar-refractivity contribution is 5.88. The first kappa shape index (κ1) is 28.0. The van der Waals surface area contributed by atoms with Crippen molar-refractivity contribution < 1.29 is 14.3 Å². The number of hydrogen-bond donors (Lipinski definition) is 1. The molecule has 37 heavy (non-hydrogen) atoms. The SMILES string of the molecule is Cc1cccc(CN(C(=O)COc2cc(C)cc(C)c2C)[C@H](Cc2ccccc2)C(=O)NCC(C)C)c1. The van der Waals surface area contributed by atoms with E-state index in [4.69, 9.17) is 4.74 Å². The summed E-state index contributed by atoms with van der Waals surface area (Å²) in [6, 6.07) is 21.3. The Balaban J connectivity index is 1.93. The fraction of sp³-hybridized carbons (Fsp3) is 0.375. The molecule has 0 unspecified atom stereocenters. The molecule has 0 spiro atoms. The second-order valence-electron chi connectivity index (χ2n) is 10.3. The summed E-state index contributed by atoms with van der Waals surface area (Å²) >= 11 is 0. The predicted molar refractivity (Wildman–Crippen MR) is 150 cm³/mol. The number of nitrogens with one attached hydrogen (secondary N) is 1. The number of carbonyl (C=O) groups is 2. The molecule has 0 aliphatic rings. The summed E-state index contributed by atoms with van der Waals surface area (Å²) in [6.45, 7) is 12.9. The molecule has 0 bridgehead atoms. The number of ether oxygens (including phenoxy) is 1. The van der Waals surface area contributed by atoms with E-state index in [1.165, 1.54) is 0 Å². The Morgan fingerprint density at radius 3 is 2.24 bits per heavy atom. The van der Waals surface area contributed by atoms with Gasteiger partial charge in [0.05, 0.1) is 0 Å². The summed E-state index contributed by atoms with van der Waals surface area (Å²) in [5.41, 5.74) is 6.30. The average molecular weight is 501 g/mol. The molecule has 196 valence electrons.